The van der Waals surface area contributed by atoms with E-state index in [1.807, 2.05) is 18.2 Å². The molecule has 5 heteroatoms. The molecule has 4 nitrogen and oxygen atoms in total. The van der Waals surface area contributed by atoms with Gasteiger partial charge in [0.2, 0.25) is 0 Å². The van der Waals surface area contributed by atoms with E-state index in [4.69, 9.17) is 21.8 Å². The summed E-state index contributed by atoms with van der Waals surface area (Å²) in [5.41, 5.74) is 8.77. The second-order valence-electron chi connectivity index (χ2n) is 4.90. The highest BCUT2D eigenvalue weighted by Gasteiger charge is 2.19. The molecule has 0 aliphatic carbocycles. The van der Waals surface area contributed by atoms with Crippen LogP contribution in [0.3, 0.4) is 0 Å². The first-order valence-corrected chi connectivity index (χ1v) is 6.95. The molecule has 1 amide bonds. The van der Waals surface area contributed by atoms with Crippen LogP contribution in [0.25, 0.3) is 0 Å². The maximum Gasteiger partial charge on any atom is 0.251 e. The smallest absolute Gasteiger partial charge is 0.251 e. The fourth-order valence-corrected chi connectivity index (χ4v) is 2.60. The first-order valence-electron chi connectivity index (χ1n) is 6.57. The van der Waals surface area contributed by atoms with E-state index >= 15 is 0 Å². The van der Waals surface area contributed by atoms with Crippen molar-refractivity contribution in [1.82, 2.24) is 5.32 Å². The first-order chi connectivity index (χ1) is 9.65. The Kier molecular flexibility index (Phi) is 3.51. The molecule has 3 rings (SSSR count). The van der Waals surface area contributed by atoms with E-state index in [0.717, 1.165) is 24.0 Å². The van der Waals surface area contributed by atoms with Gasteiger partial charge in [-0.05, 0) is 53.8 Å². The lowest BCUT2D eigenvalue weighted by molar-refractivity contribution is 0.0956. The van der Waals surface area contributed by atoms with Crippen molar-refractivity contribution in [2.45, 2.75) is 18.9 Å². The number of rotatable bonds is 2. The minimum atomic E-state index is -0.427. The van der Waals surface area contributed by atoms with E-state index < -0.39 is 6.04 Å². The normalized spacial score (nSPS) is 16.2. The van der Waals surface area contributed by atoms with Gasteiger partial charge in [-0.25, -0.2) is 0 Å². The summed E-state index contributed by atoms with van der Waals surface area (Å²) in [7, 11) is 0. The molecule has 0 bridgehead atoms. The fraction of sp³-hybridized carbons (Fsp3) is 0.267. The van der Waals surface area contributed by atoms with E-state index in [0.29, 0.717) is 23.1 Å². The van der Waals surface area contributed by atoms with Crippen LogP contribution >= 0.6 is 11.6 Å². The van der Waals surface area contributed by atoms with Gasteiger partial charge in [0.05, 0.1) is 6.04 Å². The standard InChI is InChI=1S/C15H15ClN2O2/c16-13-6-5-12(20-13)14(17)10-4-3-9-2-1-7-18-15(19)11(9)8-10/h3-6,8,14H,1-2,7,17H2,(H,18,19). The number of furan rings is 1. The second-order valence-corrected chi connectivity index (χ2v) is 5.27. The lowest BCUT2D eigenvalue weighted by Crippen LogP contribution is -2.23. The average molecular weight is 291 g/mol. The second kappa shape index (κ2) is 5.31. The summed E-state index contributed by atoms with van der Waals surface area (Å²) in [6.45, 7) is 0.711. The molecule has 1 unspecified atom stereocenters. The third-order valence-electron chi connectivity index (χ3n) is 3.55. The Labute approximate surface area is 121 Å². The number of nitrogens with one attached hydrogen (secondary N) is 1. The number of amides is 1. The molecular weight excluding hydrogens is 276 g/mol. The summed E-state index contributed by atoms with van der Waals surface area (Å²) in [5.74, 6) is 0.549. The highest BCUT2D eigenvalue weighted by Crippen LogP contribution is 2.26. The molecule has 0 saturated carbocycles. The fourth-order valence-electron chi connectivity index (χ4n) is 2.45. The molecule has 20 heavy (non-hydrogen) atoms. The number of hydrogen-bond acceptors (Lipinski definition) is 3. The van der Waals surface area contributed by atoms with Crippen LogP contribution < -0.4 is 11.1 Å². The Balaban J connectivity index is 1.97. The van der Waals surface area contributed by atoms with Crippen LogP contribution in [-0.4, -0.2) is 12.5 Å². The van der Waals surface area contributed by atoms with E-state index in [9.17, 15) is 4.79 Å². The highest BCUT2D eigenvalue weighted by molar-refractivity contribution is 6.28. The predicted octanol–water partition coefficient (Wildman–Crippen LogP) is 2.66. The topological polar surface area (TPSA) is 68.3 Å². The summed E-state index contributed by atoms with van der Waals surface area (Å²) in [5, 5.41) is 3.19. The van der Waals surface area contributed by atoms with E-state index in [-0.39, 0.29) is 5.91 Å². The number of aryl methyl sites for hydroxylation is 1. The Morgan fingerprint density at radius 1 is 1.30 bits per heavy atom. The summed E-state index contributed by atoms with van der Waals surface area (Å²) >= 11 is 5.77. The monoisotopic (exact) mass is 290 g/mol. The van der Waals surface area contributed by atoms with Gasteiger partial charge < -0.3 is 15.5 Å². The molecule has 104 valence electrons. The molecule has 1 atom stereocenters. The molecule has 2 aromatic rings. The van der Waals surface area contributed by atoms with Gasteiger partial charge in [-0.15, -0.1) is 0 Å². The Morgan fingerprint density at radius 2 is 2.15 bits per heavy atom. The van der Waals surface area contributed by atoms with Gasteiger partial charge in [0, 0.05) is 12.1 Å². The van der Waals surface area contributed by atoms with Gasteiger partial charge in [-0.2, -0.15) is 0 Å². The van der Waals surface area contributed by atoms with Crippen LogP contribution in [0.4, 0.5) is 0 Å². The molecule has 0 radical (unpaired) electrons. The molecular formula is C15H15ClN2O2. The lowest BCUT2D eigenvalue weighted by Gasteiger charge is -2.12. The SMILES string of the molecule is NC(c1ccc2c(c1)C(=O)NCCC2)c1ccc(Cl)o1. The van der Waals surface area contributed by atoms with Gasteiger partial charge in [0.15, 0.2) is 5.22 Å². The maximum atomic E-state index is 12.0. The van der Waals surface area contributed by atoms with Crippen molar-refractivity contribution in [3.05, 3.63) is 58.0 Å². The van der Waals surface area contributed by atoms with Gasteiger partial charge in [-0.3, -0.25) is 4.79 Å². The average Bonchev–Trinajstić information content (AvgIpc) is 2.80. The molecule has 0 spiro atoms. The minimum Gasteiger partial charge on any atom is -0.448 e. The Bertz CT molecular complexity index is 651. The molecule has 3 N–H and O–H groups in total. The molecule has 1 aliphatic rings. The minimum absolute atomic E-state index is 0.0379. The van der Waals surface area contributed by atoms with Gasteiger partial charge in [-0.1, -0.05) is 12.1 Å². The number of benzene rings is 1. The number of carbonyl (C=O) groups excluding carboxylic acids is 1. The van der Waals surface area contributed by atoms with Crippen LogP contribution in [0.5, 0.6) is 0 Å². The molecule has 1 aromatic heterocycles. The zero-order valence-corrected chi connectivity index (χ0v) is 11.6. The van der Waals surface area contributed by atoms with Crippen molar-refractivity contribution in [2.24, 2.45) is 5.73 Å². The summed E-state index contributed by atoms with van der Waals surface area (Å²) in [6, 6.07) is 8.74. The van der Waals surface area contributed by atoms with Crippen molar-refractivity contribution in [2.75, 3.05) is 6.54 Å². The van der Waals surface area contributed by atoms with E-state index in [1.165, 1.54) is 0 Å². The van der Waals surface area contributed by atoms with Crippen LogP contribution in [0.15, 0.2) is 34.7 Å². The van der Waals surface area contributed by atoms with Gasteiger partial charge in [0.25, 0.3) is 5.91 Å². The lowest BCUT2D eigenvalue weighted by atomic mass is 9.97. The highest BCUT2D eigenvalue weighted by atomic mass is 35.5. The number of halogens is 1. The van der Waals surface area contributed by atoms with Crippen LogP contribution in [0.2, 0.25) is 5.22 Å². The zero-order valence-electron chi connectivity index (χ0n) is 10.9. The van der Waals surface area contributed by atoms with Gasteiger partial charge >= 0.3 is 0 Å². The predicted molar refractivity (Wildman–Crippen MR) is 76.8 cm³/mol. The third kappa shape index (κ3) is 2.44. The molecule has 1 aromatic carbocycles. The van der Waals surface area contributed by atoms with Crippen LogP contribution in [0, 0.1) is 0 Å². The summed E-state index contributed by atoms with van der Waals surface area (Å²) in [6.07, 6.45) is 1.86. The zero-order chi connectivity index (χ0) is 14.1. The molecule has 0 saturated heterocycles. The van der Waals surface area contributed by atoms with Crippen molar-refractivity contribution in [3.63, 3.8) is 0 Å². The van der Waals surface area contributed by atoms with Crippen LogP contribution in [-0.2, 0) is 6.42 Å². The summed E-state index contributed by atoms with van der Waals surface area (Å²) in [4.78, 5) is 12.0. The number of hydrogen-bond donors (Lipinski definition) is 2. The van der Waals surface area contributed by atoms with Gasteiger partial charge in [0.1, 0.15) is 5.76 Å². The summed E-state index contributed by atoms with van der Waals surface area (Å²) < 4.78 is 5.34. The largest absolute Gasteiger partial charge is 0.448 e. The van der Waals surface area contributed by atoms with E-state index in [1.54, 1.807) is 12.1 Å². The van der Waals surface area contributed by atoms with E-state index in [2.05, 4.69) is 5.32 Å². The quantitative estimate of drug-likeness (QED) is 0.893. The van der Waals surface area contributed by atoms with Crippen LogP contribution in [0.1, 0.15) is 39.7 Å². The molecule has 2 heterocycles. The molecule has 1 aliphatic heterocycles. The Morgan fingerprint density at radius 3 is 2.90 bits per heavy atom. The van der Waals surface area contributed by atoms with Crippen molar-refractivity contribution >= 4 is 17.5 Å². The number of nitrogens with two attached hydrogens (primary N) is 1. The third-order valence-corrected chi connectivity index (χ3v) is 3.75. The van der Waals surface area contributed by atoms with Crippen molar-refractivity contribution in [3.8, 4) is 0 Å². The number of carbonyl (C=O) groups is 1. The van der Waals surface area contributed by atoms with Crippen molar-refractivity contribution < 1.29 is 9.21 Å². The maximum absolute atomic E-state index is 12.0. The molecule has 0 fully saturated rings. The Hall–Kier alpha value is -1.78. The number of fused-ring (bicyclic) bond motifs is 1. The first kappa shape index (κ1) is 13.2. The van der Waals surface area contributed by atoms with Crippen molar-refractivity contribution in [1.29, 1.82) is 0 Å².